The Morgan fingerprint density at radius 1 is 1.24 bits per heavy atom. The van der Waals surface area contributed by atoms with Gasteiger partial charge in [0, 0.05) is 25.3 Å². The Bertz CT molecular complexity index is 344. The van der Waals surface area contributed by atoms with Crippen LogP contribution >= 0.6 is 0 Å². The molecular formula is C12H17NO4. The summed E-state index contributed by atoms with van der Waals surface area (Å²) in [4.78, 5) is 23.7. The summed E-state index contributed by atoms with van der Waals surface area (Å²) in [6, 6.07) is 0. The second kappa shape index (κ2) is 4.87. The van der Waals surface area contributed by atoms with Crippen molar-refractivity contribution in [3.05, 3.63) is 12.2 Å². The van der Waals surface area contributed by atoms with Gasteiger partial charge in [-0.05, 0) is 25.7 Å². The number of carboxylic acid groups (broad SMARTS) is 1. The molecule has 2 heterocycles. The van der Waals surface area contributed by atoms with E-state index < -0.39 is 5.97 Å². The van der Waals surface area contributed by atoms with Crippen molar-refractivity contribution in [2.75, 3.05) is 19.7 Å². The van der Waals surface area contributed by atoms with Gasteiger partial charge in [-0.2, -0.15) is 0 Å². The van der Waals surface area contributed by atoms with E-state index in [4.69, 9.17) is 9.84 Å². The van der Waals surface area contributed by atoms with E-state index in [1.54, 1.807) is 4.90 Å². The van der Waals surface area contributed by atoms with Gasteiger partial charge in [-0.3, -0.25) is 4.79 Å². The molecule has 17 heavy (non-hydrogen) atoms. The van der Waals surface area contributed by atoms with Gasteiger partial charge < -0.3 is 14.7 Å². The highest BCUT2D eigenvalue weighted by Gasteiger charge is 2.41. The highest BCUT2D eigenvalue weighted by Crippen LogP contribution is 2.33. The molecule has 1 atom stereocenters. The van der Waals surface area contributed by atoms with Crippen molar-refractivity contribution in [2.24, 2.45) is 0 Å². The van der Waals surface area contributed by atoms with Crippen molar-refractivity contribution in [1.29, 1.82) is 0 Å². The molecule has 2 saturated heterocycles. The lowest BCUT2D eigenvalue weighted by molar-refractivity contribution is -0.132. The van der Waals surface area contributed by atoms with Gasteiger partial charge >= 0.3 is 5.97 Å². The van der Waals surface area contributed by atoms with Crippen molar-refractivity contribution in [3.63, 3.8) is 0 Å². The first-order chi connectivity index (χ1) is 8.11. The zero-order valence-corrected chi connectivity index (χ0v) is 9.72. The molecule has 2 aliphatic heterocycles. The summed E-state index contributed by atoms with van der Waals surface area (Å²) in [5.41, 5.74) is -0.162. The number of likely N-dealkylation sites (tertiary alicyclic amines) is 1. The van der Waals surface area contributed by atoms with Crippen LogP contribution in [-0.2, 0) is 14.3 Å². The maximum absolute atomic E-state index is 11.7. The first kappa shape index (κ1) is 12.1. The van der Waals surface area contributed by atoms with Crippen LogP contribution in [0, 0.1) is 0 Å². The molecule has 0 aromatic heterocycles. The van der Waals surface area contributed by atoms with Crippen LogP contribution in [0.15, 0.2) is 12.2 Å². The van der Waals surface area contributed by atoms with Crippen LogP contribution in [0.1, 0.15) is 25.7 Å². The number of hydrogen-bond donors (Lipinski definition) is 1. The molecular weight excluding hydrogens is 222 g/mol. The number of ether oxygens (including phenoxy) is 1. The number of rotatable bonds is 2. The molecule has 0 aliphatic carbocycles. The number of aliphatic carboxylic acids is 1. The third kappa shape index (κ3) is 2.85. The van der Waals surface area contributed by atoms with Crippen LogP contribution in [-0.4, -0.2) is 47.2 Å². The molecule has 0 aromatic rings. The fourth-order valence-corrected chi connectivity index (χ4v) is 2.51. The molecule has 0 aromatic carbocycles. The van der Waals surface area contributed by atoms with E-state index in [9.17, 15) is 9.59 Å². The Hall–Kier alpha value is -1.36. The van der Waals surface area contributed by atoms with E-state index >= 15 is 0 Å². The van der Waals surface area contributed by atoms with Gasteiger partial charge in [-0.25, -0.2) is 4.79 Å². The minimum atomic E-state index is -1.10. The van der Waals surface area contributed by atoms with Gasteiger partial charge in [-0.15, -0.1) is 0 Å². The average molecular weight is 239 g/mol. The Labute approximate surface area is 100 Å². The van der Waals surface area contributed by atoms with Crippen LogP contribution in [0.2, 0.25) is 0 Å². The summed E-state index contributed by atoms with van der Waals surface area (Å²) in [7, 11) is 0. The van der Waals surface area contributed by atoms with Crippen molar-refractivity contribution in [2.45, 2.75) is 31.3 Å². The number of carbonyl (C=O) groups excluding carboxylic acids is 1. The maximum atomic E-state index is 11.7. The summed E-state index contributed by atoms with van der Waals surface area (Å²) in [6.07, 6.45) is 6.10. The van der Waals surface area contributed by atoms with Crippen molar-refractivity contribution < 1.29 is 19.4 Å². The molecule has 0 radical (unpaired) electrons. The van der Waals surface area contributed by atoms with Crippen molar-refractivity contribution in [3.8, 4) is 0 Å². The van der Waals surface area contributed by atoms with Crippen LogP contribution in [0.5, 0.6) is 0 Å². The summed E-state index contributed by atoms with van der Waals surface area (Å²) in [5, 5.41) is 8.47. The van der Waals surface area contributed by atoms with E-state index in [0.717, 1.165) is 44.4 Å². The number of amides is 1. The van der Waals surface area contributed by atoms with E-state index in [1.807, 2.05) is 0 Å². The Morgan fingerprint density at radius 3 is 2.71 bits per heavy atom. The SMILES string of the molecule is O=C(O)/C=C/C(=O)N1CC[C@]2(CCCCO2)C1. The highest BCUT2D eigenvalue weighted by atomic mass is 16.5. The van der Waals surface area contributed by atoms with E-state index in [-0.39, 0.29) is 11.5 Å². The molecule has 5 nitrogen and oxygen atoms in total. The van der Waals surface area contributed by atoms with Gasteiger partial charge in [0.1, 0.15) is 0 Å². The number of carbonyl (C=O) groups is 2. The summed E-state index contributed by atoms with van der Waals surface area (Å²) < 4.78 is 5.80. The Kier molecular flexibility index (Phi) is 3.47. The highest BCUT2D eigenvalue weighted by molar-refractivity contribution is 5.94. The Balaban J connectivity index is 1.92. The third-order valence-electron chi connectivity index (χ3n) is 3.43. The molecule has 0 bridgehead atoms. The zero-order valence-electron chi connectivity index (χ0n) is 9.72. The average Bonchev–Trinajstić information content (AvgIpc) is 2.71. The molecule has 0 saturated carbocycles. The normalized spacial score (nSPS) is 29.1. The minimum absolute atomic E-state index is 0.162. The molecule has 2 fully saturated rings. The van der Waals surface area contributed by atoms with E-state index in [1.165, 1.54) is 0 Å². The molecule has 1 amide bonds. The molecule has 1 N–H and O–H groups in total. The van der Waals surface area contributed by atoms with Crippen molar-refractivity contribution >= 4 is 11.9 Å². The van der Waals surface area contributed by atoms with Gasteiger partial charge in [0.2, 0.25) is 5.91 Å². The molecule has 94 valence electrons. The lowest BCUT2D eigenvalue weighted by Crippen LogP contribution is -2.40. The maximum Gasteiger partial charge on any atom is 0.328 e. The quantitative estimate of drug-likeness (QED) is 0.724. The topological polar surface area (TPSA) is 66.8 Å². The lowest BCUT2D eigenvalue weighted by Gasteiger charge is -2.33. The van der Waals surface area contributed by atoms with E-state index in [2.05, 4.69) is 0 Å². The second-order valence-corrected chi connectivity index (χ2v) is 4.67. The summed E-state index contributed by atoms with van der Waals surface area (Å²) in [6.45, 7) is 2.02. The van der Waals surface area contributed by atoms with Gasteiger partial charge in [0.05, 0.1) is 12.1 Å². The fraction of sp³-hybridized carbons (Fsp3) is 0.667. The van der Waals surface area contributed by atoms with Gasteiger partial charge in [0.25, 0.3) is 0 Å². The standard InChI is InChI=1S/C12H17NO4/c14-10(3-4-11(15)16)13-7-6-12(9-13)5-1-2-8-17-12/h3-4H,1-2,5-9H2,(H,15,16)/b4-3+/t12-/m1/s1. The minimum Gasteiger partial charge on any atom is -0.478 e. The monoisotopic (exact) mass is 239 g/mol. The lowest BCUT2D eigenvalue weighted by atomic mass is 9.93. The fourth-order valence-electron chi connectivity index (χ4n) is 2.51. The van der Waals surface area contributed by atoms with Gasteiger partial charge in [-0.1, -0.05) is 0 Å². The van der Waals surface area contributed by atoms with Crippen LogP contribution in [0.4, 0.5) is 0 Å². The number of carboxylic acids is 1. The van der Waals surface area contributed by atoms with Crippen LogP contribution in [0.25, 0.3) is 0 Å². The predicted molar refractivity (Wildman–Crippen MR) is 60.5 cm³/mol. The first-order valence-electron chi connectivity index (χ1n) is 5.95. The third-order valence-corrected chi connectivity index (χ3v) is 3.43. The first-order valence-corrected chi connectivity index (χ1v) is 5.95. The van der Waals surface area contributed by atoms with E-state index in [0.29, 0.717) is 13.1 Å². The smallest absolute Gasteiger partial charge is 0.328 e. The summed E-state index contributed by atoms with van der Waals surface area (Å²) >= 11 is 0. The molecule has 2 rings (SSSR count). The Morgan fingerprint density at radius 2 is 2.06 bits per heavy atom. The molecule has 1 spiro atoms. The molecule has 0 unspecified atom stereocenters. The molecule has 2 aliphatic rings. The van der Waals surface area contributed by atoms with Crippen LogP contribution < -0.4 is 0 Å². The molecule has 5 heteroatoms. The predicted octanol–water partition coefficient (Wildman–Crippen LogP) is 0.799. The second-order valence-electron chi connectivity index (χ2n) is 4.67. The summed E-state index contributed by atoms with van der Waals surface area (Å²) in [5.74, 6) is -1.33. The van der Waals surface area contributed by atoms with Gasteiger partial charge in [0.15, 0.2) is 0 Å². The zero-order chi connectivity index (χ0) is 12.3. The largest absolute Gasteiger partial charge is 0.478 e. The van der Waals surface area contributed by atoms with Crippen molar-refractivity contribution in [1.82, 2.24) is 4.90 Å². The number of nitrogens with zero attached hydrogens (tertiary/aromatic N) is 1. The number of hydrogen-bond acceptors (Lipinski definition) is 3. The van der Waals surface area contributed by atoms with Crippen LogP contribution in [0.3, 0.4) is 0 Å².